The van der Waals surface area contributed by atoms with Crippen LogP contribution in [0.5, 0.6) is 0 Å². The van der Waals surface area contributed by atoms with E-state index in [1.165, 1.54) is 60.9 Å². The highest BCUT2D eigenvalue weighted by Crippen LogP contribution is 2.45. The summed E-state index contributed by atoms with van der Waals surface area (Å²) in [5.41, 5.74) is 2.91. The minimum absolute atomic E-state index is 0.331. The van der Waals surface area contributed by atoms with Gasteiger partial charge in [0.25, 0.3) is 0 Å². The molecule has 20 heavy (non-hydrogen) atoms. The van der Waals surface area contributed by atoms with E-state index in [-0.39, 0.29) is 0 Å². The van der Waals surface area contributed by atoms with Gasteiger partial charge in [-0.3, -0.25) is 4.68 Å². The molecule has 1 aliphatic heterocycles. The average Bonchev–Trinajstić information content (AvgIpc) is 3.25. The van der Waals surface area contributed by atoms with Gasteiger partial charge in [-0.2, -0.15) is 5.10 Å². The van der Waals surface area contributed by atoms with E-state index in [0.29, 0.717) is 5.54 Å². The third kappa shape index (κ3) is 2.69. The van der Waals surface area contributed by atoms with Gasteiger partial charge in [0.1, 0.15) is 0 Å². The van der Waals surface area contributed by atoms with Crippen molar-refractivity contribution in [1.82, 2.24) is 15.1 Å². The molecule has 0 amide bonds. The van der Waals surface area contributed by atoms with E-state index in [4.69, 9.17) is 0 Å². The average molecular weight is 340 g/mol. The van der Waals surface area contributed by atoms with E-state index in [0.717, 1.165) is 18.8 Å². The maximum absolute atomic E-state index is 4.67. The standard InChI is InChI=1S/C16H26BrN3/c1-3-13-15(17)14(20(2)19-13)11-16(12-7-8-12)9-5-4-6-10-18-16/h12,18H,3-11H2,1-2H3. The lowest BCUT2D eigenvalue weighted by molar-refractivity contribution is 0.265. The first kappa shape index (κ1) is 14.6. The van der Waals surface area contributed by atoms with Crippen LogP contribution in [0.15, 0.2) is 4.47 Å². The number of rotatable bonds is 4. The van der Waals surface area contributed by atoms with Gasteiger partial charge in [-0.1, -0.05) is 19.8 Å². The first-order valence-electron chi connectivity index (χ1n) is 8.11. The van der Waals surface area contributed by atoms with E-state index >= 15 is 0 Å². The molecule has 1 aromatic rings. The van der Waals surface area contributed by atoms with Crippen molar-refractivity contribution in [1.29, 1.82) is 0 Å². The zero-order valence-electron chi connectivity index (χ0n) is 12.7. The molecule has 0 bridgehead atoms. The molecule has 1 aromatic heterocycles. The van der Waals surface area contributed by atoms with Crippen LogP contribution in [0.4, 0.5) is 0 Å². The summed E-state index contributed by atoms with van der Waals surface area (Å²) >= 11 is 3.79. The minimum atomic E-state index is 0.331. The summed E-state index contributed by atoms with van der Waals surface area (Å²) in [5, 5.41) is 8.60. The number of hydrogen-bond acceptors (Lipinski definition) is 2. The van der Waals surface area contributed by atoms with Gasteiger partial charge in [0.05, 0.1) is 15.9 Å². The molecule has 2 aliphatic rings. The van der Waals surface area contributed by atoms with E-state index in [2.05, 4.69) is 45.0 Å². The zero-order valence-corrected chi connectivity index (χ0v) is 14.3. The van der Waals surface area contributed by atoms with Crippen LogP contribution < -0.4 is 5.32 Å². The molecule has 1 atom stereocenters. The van der Waals surface area contributed by atoms with Gasteiger partial charge < -0.3 is 5.32 Å². The topological polar surface area (TPSA) is 29.9 Å². The summed E-state index contributed by atoms with van der Waals surface area (Å²) in [6, 6.07) is 0. The molecule has 3 nitrogen and oxygen atoms in total. The third-order valence-corrected chi connectivity index (χ3v) is 6.04. The van der Waals surface area contributed by atoms with Crippen molar-refractivity contribution in [2.24, 2.45) is 13.0 Å². The quantitative estimate of drug-likeness (QED) is 0.908. The normalized spacial score (nSPS) is 27.6. The van der Waals surface area contributed by atoms with Crippen molar-refractivity contribution < 1.29 is 0 Å². The van der Waals surface area contributed by atoms with Crippen molar-refractivity contribution in [2.45, 2.75) is 63.8 Å². The molecule has 3 rings (SSSR count). The maximum atomic E-state index is 4.67. The molecule has 1 saturated heterocycles. The summed E-state index contributed by atoms with van der Waals surface area (Å²) in [6.45, 7) is 3.37. The van der Waals surface area contributed by atoms with Gasteiger partial charge in [0.15, 0.2) is 0 Å². The predicted molar refractivity (Wildman–Crippen MR) is 85.9 cm³/mol. The van der Waals surface area contributed by atoms with Gasteiger partial charge in [-0.05, 0) is 60.5 Å². The van der Waals surface area contributed by atoms with Crippen LogP contribution in [0.2, 0.25) is 0 Å². The van der Waals surface area contributed by atoms with Crippen molar-refractivity contribution in [3.63, 3.8) is 0 Å². The van der Waals surface area contributed by atoms with E-state index in [9.17, 15) is 0 Å². The van der Waals surface area contributed by atoms with Crippen molar-refractivity contribution in [3.8, 4) is 0 Å². The fourth-order valence-corrected chi connectivity index (χ4v) is 4.51. The molecular weight excluding hydrogens is 314 g/mol. The summed E-state index contributed by atoms with van der Waals surface area (Å²) in [5.74, 6) is 0.882. The Labute approximate surface area is 130 Å². The van der Waals surface area contributed by atoms with Crippen molar-refractivity contribution in [2.75, 3.05) is 6.54 Å². The molecule has 4 heteroatoms. The molecule has 0 spiro atoms. The molecule has 1 unspecified atom stereocenters. The molecule has 0 radical (unpaired) electrons. The fourth-order valence-electron chi connectivity index (χ4n) is 3.76. The van der Waals surface area contributed by atoms with Crippen LogP contribution in [-0.2, 0) is 19.9 Å². The van der Waals surface area contributed by atoms with Gasteiger partial charge in [-0.15, -0.1) is 0 Å². The highest BCUT2D eigenvalue weighted by molar-refractivity contribution is 9.10. The zero-order chi connectivity index (χ0) is 14.2. The lowest BCUT2D eigenvalue weighted by atomic mass is 9.83. The van der Waals surface area contributed by atoms with Gasteiger partial charge in [0, 0.05) is 19.0 Å². The monoisotopic (exact) mass is 339 g/mol. The number of halogens is 1. The summed E-state index contributed by atoms with van der Waals surface area (Å²) < 4.78 is 3.34. The minimum Gasteiger partial charge on any atom is -0.311 e. The Balaban J connectivity index is 1.88. The predicted octanol–water partition coefficient (Wildman–Crippen LogP) is 3.60. The number of hydrogen-bond donors (Lipinski definition) is 1. The second-order valence-electron chi connectivity index (χ2n) is 6.53. The molecule has 1 saturated carbocycles. The molecule has 112 valence electrons. The molecule has 2 fully saturated rings. The van der Waals surface area contributed by atoms with E-state index in [1.807, 2.05) is 0 Å². The third-order valence-electron chi connectivity index (χ3n) is 5.12. The van der Waals surface area contributed by atoms with Gasteiger partial charge in [-0.25, -0.2) is 0 Å². The van der Waals surface area contributed by atoms with Crippen LogP contribution in [-0.4, -0.2) is 21.9 Å². The highest BCUT2D eigenvalue weighted by Gasteiger charge is 2.45. The van der Waals surface area contributed by atoms with Crippen LogP contribution in [0.25, 0.3) is 0 Å². The Kier molecular flexibility index (Phi) is 4.23. The SMILES string of the molecule is CCc1nn(C)c(CC2(C3CC3)CCCCCN2)c1Br. The number of nitrogens with one attached hydrogen (secondary N) is 1. The Hall–Kier alpha value is -0.350. The van der Waals surface area contributed by atoms with Gasteiger partial charge >= 0.3 is 0 Å². The van der Waals surface area contributed by atoms with Crippen molar-refractivity contribution >= 4 is 15.9 Å². The first-order valence-corrected chi connectivity index (χ1v) is 8.91. The van der Waals surface area contributed by atoms with Crippen LogP contribution in [0.1, 0.15) is 56.8 Å². The molecule has 1 N–H and O–H groups in total. The van der Waals surface area contributed by atoms with Crippen molar-refractivity contribution in [3.05, 3.63) is 15.9 Å². The summed E-state index contributed by atoms with van der Waals surface area (Å²) in [6.07, 6.45) is 10.4. The summed E-state index contributed by atoms with van der Waals surface area (Å²) in [7, 11) is 2.09. The lowest BCUT2D eigenvalue weighted by Crippen LogP contribution is -2.49. The smallest absolute Gasteiger partial charge is 0.0766 e. The molecule has 1 aliphatic carbocycles. The molecule has 0 aromatic carbocycles. The molecular formula is C16H26BrN3. The highest BCUT2D eigenvalue weighted by atomic mass is 79.9. The fraction of sp³-hybridized carbons (Fsp3) is 0.812. The van der Waals surface area contributed by atoms with Crippen LogP contribution in [0.3, 0.4) is 0 Å². The summed E-state index contributed by atoms with van der Waals surface area (Å²) in [4.78, 5) is 0. The maximum Gasteiger partial charge on any atom is 0.0766 e. The second kappa shape index (κ2) is 5.80. The first-order chi connectivity index (χ1) is 9.66. The molecule has 2 heterocycles. The Morgan fingerprint density at radius 2 is 2.15 bits per heavy atom. The largest absolute Gasteiger partial charge is 0.311 e. The van der Waals surface area contributed by atoms with E-state index < -0.39 is 0 Å². The Bertz CT molecular complexity index is 468. The van der Waals surface area contributed by atoms with E-state index in [1.54, 1.807) is 0 Å². The number of aryl methyl sites for hydroxylation is 2. The Morgan fingerprint density at radius 1 is 1.35 bits per heavy atom. The van der Waals surface area contributed by atoms with Crippen LogP contribution >= 0.6 is 15.9 Å². The lowest BCUT2D eigenvalue weighted by Gasteiger charge is -2.34. The Morgan fingerprint density at radius 3 is 2.80 bits per heavy atom. The van der Waals surface area contributed by atoms with Crippen LogP contribution in [0, 0.1) is 5.92 Å². The van der Waals surface area contributed by atoms with Gasteiger partial charge in [0.2, 0.25) is 0 Å². The second-order valence-corrected chi connectivity index (χ2v) is 7.32. The number of aromatic nitrogens is 2. The number of nitrogens with zero attached hydrogens (tertiary/aromatic N) is 2.